The van der Waals surface area contributed by atoms with Gasteiger partial charge in [-0.3, -0.25) is 9.69 Å². The Balaban J connectivity index is 1.67. The van der Waals surface area contributed by atoms with Gasteiger partial charge in [0.15, 0.2) is 5.84 Å². The average Bonchev–Trinajstić information content (AvgIpc) is 2.69. The third kappa shape index (κ3) is 4.43. The molecule has 3 aliphatic heterocycles. The molecule has 0 bridgehead atoms. The molecule has 3 aliphatic rings. The van der Waals surface area contributed by atoms with E-state index in [-0.39, 0.29) is 43.1 Å². The van der Waals surface area contributed by atoms with Gasteiger partial charge >= 0.3 is 12.3 Å². The molecule has 34 heavy (non-hydrogen) atoms. The average molecular weight is 480 g/mol. The number of anilines is 1. The molecular formula is C23H27F3N4O4. The monoisotopic (exact) mass is 480 g/mol. The van der Waals surface area contributed by atoms with Crippen LogP contribution in [0, 0.1) is 5.41 Å². The molecule has 0 aromatic heterocycles. The molecule has 1 fully saturated rings. The van der Waals surface area contributed by atoms with Crippen molar-refractivity contribution in [2.24, 2.45) is 10.5 Å². The van der Waals surface area contributed by atoms with Crippen molar-refractivity contribution in [3.05, 3.63) is 35.0 Å². The summed E-state index contributed by atoms with van der Waals surface area (Å²) in [6.07, 6.45) is -3.44. The van der Waals surface area contributed by atoms with E-state index < -0.39 is 34.8 Å². The molecule has 1 aromatic rings. The summed E-state index contributed by atoms with van der Waals surface area (Å²) in [6.45, 7) is 9.23. The van der Waals surface area contributed by atoms with E-state index in [1.54, 1.807) is 33.8 Å². The number of alkyl halides is 3. The Morgan fingerprint density at radius 3 is 2.56 bits per heavy atom. The number of halogens is 3. The number of likely N-dealkylation sites (tertiary alicyclic amines) is 1. The first kappa shape index (κ1) is 23.9. The summed E-state index contributed by atoms with van der Waals surface area (Å²) in [5.41, 5.74) is 0.993. The maximum atomic E-state index is 14.0. The summed E-state index contributed by atoms with van der Waals surface area (Å²) >= 11 is 0. The predicted octanol–water partition coefficient (Wildman–Crippen LogP) is 4.05. The summed E-state index contributed by atoms with van der Waals surface area (Å²) < 4.78 is 52.9. The molecular weight excluding hydrogens is 453 g/mol. The number of fused-ring (bicyclic) bond motifs is 3. The van der Waals surface area contributed by atoms with Crippen LogP contribution < -0.4 is 15.1 Å². The van der Waals surface area contributed by atoms with Crippen LogP contribution in [0.25, 0.3) is 0 Å². The van der Waals surface area contributed by atoms with Crippen LogP contribution in [0.2, 0.25) is 0 Å². The molecule has 1 saturated heterocycles. The minimum absolute atomic E-state index is 0.0261. The number of amidine groups is 1. The maximum absolute atomic E-state index is 14.0. The van der Waals surface area contributed by atoms with Crippen molar-refractivity contribution < 1.29 is 32.2 Å². The zero-order valence-corrected chi connectivity index (χ0v) is 19.7. The van der Waals surface area contributed by atoms with Gasteiger partial charge in [0.25, 0.3) is 5.91 Å². The molecule has 0 spiro atoms. The highest BCUT2D eigenvalue weighted by Gasteiger charge is 2.46. The lowest BCUT2D eigenvalue weighted by Crippen LogP contribution is -2.58. The second-order valence-corrected chi connectivity index (χ2v) is 10.1. The highest BCUT2D eigenvalue weighted by atomic mass is 19.4. The Bertz CT molecular complexity index is 1100. The maximum Gasteiger partial charge on any atom is 0.416 e. The van der Waals surface area contributed by atoms with E-state index in [9.17, 15) is 22.8 Å². The van der Waals surface area contributed by atoms with Crippen LogP contribution >= 0.6 is 0 Å². The zero-order valence-electron chi connectivity index (χ0n) is 19.7. The second kappa shape index (κ2) is 7.92. The van der Waals surface area contributed by atoms with Gasteiger partial charge in [0.05, 0.1) is 11.3 Å². The van der Waals surface area contributed by atoms with Gasteiger partial charge in [0.1, 0.15) is 23.7 Å². The standard InChI is InChI=1S/C23H27F3N4O4/c1-6-15-19(31)28-27-18-10-33-17-8-14(23(24,25)26)13(7-16(17)30(15)18)9-22(5)11-29(12-22)20(32)34-21(2,3)4/h6-8H,9-12H2,1-5H3,(H,28,31)/b15-6-. The number of benzene rings is 1. The minimum Gasteiger partial charge on any atom is -0.483 e. The zero-order chi connectivity index (χ0) is 25.1. The molecule has 2 amide bonds. The van der Waals surface area contributed by atoms with Gasteiger partial charge in [-0.1, -0.05) is 13.0 Å². The smallest absolute Gasteiger partial charge is 0.416 e. The van der Waals surface area contributed by atoms with E-state index in [1.807, 2.05) is 6.92 Å². The number of nitrogens with zero attached hydrogens (tertiary/aromatic N) is 3. The van der Waals surface area contributed by atoms with Gasteiger partial charge in [-0.05, 0) is 51.8 Å². The van der Waals surface area contributed by atoms with Gasteiger partial charge in [-0.15, -0.1) is 0 Å². The number of hydrogen-bond acceptors (Lipinski definition) is 6. The van der Waals surface area contributed by atoms with E-state index in [0.29, 0.717) is 11.5 Å². The number of hydrogen-bond donors (Lipinski definition) is 1. The van der Waals surface area contributed by atoms with Crippen molar-refractivity contribution in [3.63, 3.8) is 0 Å². The normalized spacial score (nSPS) is 20.5. The van der Waals surface area contributed by atoms with Gasteiger partial charge in [0, 0.05) is 18.5 Å². The second-order valence-electron chi connectivity index (χ2n) is 10.1. The number of allylic oxidation sites excluding steroid dienone is 1. The molecule has 184 valence electrons. The van der Waals surface area contributed by atoms with Crippen molar-refractivity contribution in [3.8, 4) is 5.75 Å². The summed E-state index contributed by atoms with van der Waals surface area (Å²) in [5, 5.41) is 3.99. The SMILES string of the molecule is C/C=C1/C(=O)NN=C2COc3cc(C(F)(F)F)c(CC4(C)CN(C(=O)OC(C)(C)C)C4)cc3N21. The van der Waals surface area contributed by atoms with Gasteiger partial charge < -0.3 is 14.4 Å². The fourth-order valence-corrected chi connectivity index (χ4v) is 4.45. The topological polar surface area (TPSA) is 83.5 Å². The van der Waals surface area contributed by atoms with E-state index >= 15 is 0 Å². The van der Waals surface area contributed by atoms with Crippen molar-refractivity contribution in [1.29, 1.82) is 0 Å². The number of carbonyl (C=O) groups is 2. The molecule has 8 nitrogen and oxygen atoms in total. The number of ether oxygens (including phenoxy) is 2. The van der Waals surface area contributed by atoms with Crippen molar-refractivity contribution in [1.82, 2.24) is 10.3 Å². The van der Waals surface area contributed by atoms with E-state index in [4.69, 9.17) is 9.47 Å². The molecule has 11 heteroatoms. The predicted molar refractivity (Wildman–Crippen MR) is 118 cm³/mol. The van der Waals surface area contributed by atoms with Crippen LogP contribution in [0.15, 0.2) is 29.0 Å². The van der Waals surface area contributed by atoms with Crippen LogP contribution in [-0.2, 0) is 22.1 Å². The quantitative estimate of drug-likeness (QED) is 0.646. The van der Waals surface area contributed by atoms with Crippen molar-refractivity contribution in [2.45, 2.75) is 52.8 Å². The van der Waals surface area contributed by atoms with Gasteiger partial charge in [-0.2, -0.15) is 18.3 Å². The lowest BCUT2D eigenvalue weighted by Gasteiger charge is -2.48. The Hall–Kier alpha value is -3.24. The molecule has 0 saturated carbocycles. The Labute approximate surface area is 195 Å². The lowest BCUT2D eigenvalue weighted by molar-refractivity contribution is -0.138. The molecule has 0 unspecified atom stereocenters. The van der Waals surface area contributed by atoms with E-state index in [0.717, 1.165) is 6.07 Å². The minimum atomic E-state index is -4.60. The Morgan fingerprint density at radius 1 is 1.29 bits per heavy atom. The highest BCUT2D eigenvalue weighted by molar-refractivity contribution is 6.15. The molecule has 1 N–H and O–H groups in total. The molecule has 0 aliphatic carbocycles. The first-order valence-electron chi connectivity index (χ1n) is 10.9. The number of amides is 2. The largest absolute Gasteiger partial charge is 0.483 e. The Morgan fingerprint density at radius 2 is 1.97 bits per heavy atom. The molecule has 3 heterocycles. The first-order valence-corrected chi connectivity index (χ1v) is 10.9. The van der Waals surface area contributed by atoms with Crippen molar-refractivity contribution in [2.75, 3.05) is 24.6 Å². The fourth-order valence-electron chi connectivity index (χ4n) is 4.45. The lowest BCUT2D eigenvalue weighted by atomic mass is 9.75. The molecule has 0 atom stereocenters. The molecule has 1 aromatic carbocycles. The first-order chi connectivity index (χ1) is 15.7. The molecule has 0 radical (unpaired) electrons. The van der Waals surface area contributed by atoms with Crippen LogP contribution in [0.3, 0.4) is 0 Å². The van der Waals surface area contributed by atoms with Crippen LogP contribution in [0.5, 0.6) is 5.75 Å². The van der Waals surface area contributed by atoms with E-state index in [2.05, 4.69) is 10.5 Å². The van der Waals surface area contributed by atoms with Crippen LogP contribution in [0.4, 0.5) is 23.7 Å². The highest BCUT2D eigenvalue weighted by Crippen LogP contribution is 2.45. The molecule has 4 rings (SSSR count). The number of rotatable bonds is 2. The van der Waals surface area contributed by atoms with E-state index in [1.165, 1.54) is 15.9 Å². The van der Waals surface area contributed by atoms with Crippen LogP contribution in [-0.4, -0.2) is 48.0 Å². The summed E-state index contributed by atoms with van der Waals surface area (Å²) in [4.78, 5) is 27.6. The van der Waals surface area contributed by atoms with Gasteiger partial charge in [-0.25, -0.2) is 10.2 Å². The van der Waals surface area contributed by atoms with Gasteiger partial charge in [0.2, 0.25) is 0 Å². The number of hydrazone groups is 1. The number of carbonyl (C=O) groups excluding carboxylic acids is 2. The summed E-state index contributed by atoms with van der Waals surface area (Å²) in [5.74, 6) is -0.0606. The fraction of sp³-hybridized carbons (Fsp3) is 0.522. The van der Waals surface area contributed by atoms with Crippen LogP contribution in [0.1, 0.15) is 45.7 Å². The Kier molecular flexibility index (Phi) is 5.57. The van der Waals surface area contributed by atoms with Crippen molar-refractivity contribution >= 4 is 23.5 Å². The number of nitrogens with one attached hydrogen (secondary N) is 1. The third-order valence-corrected chi connectivity index (χ3v) is 5.79. The summed E-state index contributed by atoms with van der Waals surface area (Å²) in [6, 6.07) is 2.39. The summed E-state index contributed by atoms with van der Waals surface area (Å²) in [7, 11) is 0. The third-order valence-electron chi connectivity index (χ3n) is 5.79.